The van der Waals surface area contributed by atoms with E-state index in [1.807, 2.05) is 19.9 Å². The lowest BCUT2D eigenvalue weighted by Crippen LogP contribution is -2.51. The van der Waals surface area contributed by atoms with Crippen molar-refractivity contribution in [3.63, 3.8) is 0 Å². The maximum Gasteiger partial charge on any atom is 0.341 e. The maximum atomic E-state index is 12.1. The Morgan fingerprint density at radius 3 is 2.04 bits per heavy atom. The van der Waals surface area contributed by atoms with E-state index in [2.05, 4.69) is 40.4 Å². The Bertz CT molecular complexity index is 517. The van der Waals surface area contributed by atoms with Crippen molar-refractivity contribution < 1.29 is 13.9 Å². The normalized spacial score (nSPS) is 13.9. The number of aryl methyl sites for hydroxylation is 1. The van der Waals surface area contributed by atoms with Crippen molar-refractivity contribution in [3.8, 4) is 0 Å². The number of hydrogen-bond acceptors (Lipinski definition) is 3. The van der Waals surface area contributed by atoms with Crippen LogP contribution < -0.4 is 0 Å². The molecular weight excluding hydrogens is 320 g/mol. The fourth-order valence-electron chi connectivity index (χ4n) is 4.07. The first-order valence-corrected chi connectivity index (χ1v) is 15.2. The number of rotatable bonds is 8. The van der Waals surface area contributed by atoms with Gasteiger partial charge < -0.3 is 9.15 Å². The smallest absolute Gasteiger partial charge is 0.341 e. The van der Waals surface area contributed by atoms with Crippen LogP contribution in [-0.4, -0.2) is 28.7 Å². The predicted molar refractivity (Wildman–Crippen MR) is 103 cm³/mol. The molecule has 132 valence electrons. The zero-order valence-corrected chi connectivity index (χ0v) is 18.2. The topological polar surface area (TPSA) is 39.4 Å². The largest absolute Gasteiger partial charge is 0.466 e. The third-order valence-corrected chi connectivity index (χ3v) is 17.5. The number of carbonyl (C=O) groups is 1. The van der Waals surface area contributed by atoms with Crippen molar-refractivity contribution in [3.05, 3.63) is 23.2 Å². The van der Waals surface area contributed by atoms with Gasteiger partial charge >= 0.3 is 5.97 Å². The molecule has 1 heterocycles. The average Bonchev–Trinajstić information content (AvgIpc) is 2.84. The summed E-state index contributed by atoms with van der Waals surface area (Å²) in [5.41, 5.74) is 0.608. The quantitative estimate of drug-likeness (QED) is 0.439. The van der Waals surface area contributed by atoms with Gasteiger partial charge in [-0.3, -0.25) is 0 Å². The summed E-state index contributed by atoms with van der Waals surface area (Å²) in [5, 5.41) is 0.539. The summed E-state index contributed by atoms with van der Waals surface area (Å²) in [6.45, 7) is 18.4. The number of furan rings is 1. The lowest BCUT2D eigenvalue weighted by atomic mass is 10.2. The minimum Gasteiger partial charge on any atom is -0.466 e. The van der Waals surface area contributed by atoms with Crippen LogP contribution in [0.1, 0.15) is 54.7 Å². The van der Waals surface area contributed by atoms with Crippen molar-refractivity contribution in [2.75, 3.05) is 6.61 Å². The van der Waals surface area contributed by atoms with E-state index in [0.717, 1.165) is 5.76 Å². The lowest BCUT2D eigenvalue weighted by molar-refractivity contribution is 0.0524. The molecule has 0 amide bonds. The van der Waals surface area contributed by atoms with E-state index in [9.17, 15) is 4.79 Å². The number of esters is 1. The first kappa shape index (κ1) is 20.2. The van der Waals surface area contributed by atoms with Gasteiger partial charge in [-0.1, -0.05) is 58.5 Å². The molecular formula is C18H34O3Si2. The first-order valence-electron chi connectivity index (χ1n) is 8.94. The van der Waals surface area contributed by atoms with Gasteiger partial charge in [-0.05, 0) is 19.9 Å². The molecule has 0 spiro atoms. The van der Waals surface area contributed by atoms with Gasteiger partial charge in [0.25, 0.3) is 0 Å². The van der Waals surface area contributed by atoms with E-state index < -0.39 is 16.1 Å². The summed E-state index contributed by atoms with van der Waals surface area (Å²) in [6.07, 6.45) is 0. The molecule has 0 N–H and O–H groups in total. The molecule has 1 aromatic rings. The fourth-order valence-corrected chi connectivity index (χ4v) is 17.7. The molecule has 1 rings (SSSR count). The molecule has 0 aromatic carbocycles. The standard InChI is InChI=1S/C18H34O3Si2/c1-9-20-17(19)15-13-16(21-14(15)5)18(22(6,7)8)23(10-2,11-3)12-4/h13,18H,9-12H2,1-8H3. The monoisotopic (exact) mass is 354 g/mol. The molecule has 0 radical (unpaired) electrons. The molecule has 0 fully saturated rings. The van der Waals surface area contributed by atoms with Crippen molar-refractivity contribution in [2.45, 2.75) is 77.6 Å². The maximum absolute atomic E-state index is 12.1. The van der Waals surface area contributed by atoms with Gasteiger partial charge in [-0.25, -0.2) is 4.79 Å². The van der Waals surface area contributed by atoms with Crippen LogP contribution in [0.25, 0.3) is 0 Å². The second-order valence-electron chi connectivity index (χ2n) is 7.56. The summed E-state index contributed by atoms with van der Waals surface area (Å²) < 4.78 is 11.3. The van der Waals surface area contributed by atoms with Gasteiger partial charge in [0.2, 0.25) is 0 Å². The molecule has 1 aromatic heterocycles. The van der Waals surface area contributed by atoms with Crippen LogP contribution in [0, 0.1) is 6.92 Å². The van der Waals surface area contributed by atoms with Crippen LogP contribution in [0.5, 0.6) is 0 Å². The Kier molecular flexibility index (Phi) is 6.89. The minimum atomic E-state index is -1.47. The highest BCUT2D eigenvalue weighted by Gasteiger charge is 2.46. The summed E-state index contributed by atoms with van der Waals surface area (Å²) in [7, 11) is -2.94. The molecule has 0 aliphatic rings. The molecule has 0 saturated carbocycles. The van der Waals surface area contributed by atoms with Gasteiger partial charge in [-0.2, -0.15) is 0 Å². The van der Waals surface area contributed by atoms with Crippen LogP contribution in [0.2, 0.25) is 37.8 Å². The molecule has 5 heteroatoms. The molecule has 3 nitrogen and oxygen atoms in total. The number of hydrogen-bond donors (Lipinski definition) is 0. The molecule has 0 aliphatic carbocycles. The molecule has 1 unspecified atom stereocenters. The van der Waals surface area contributed by atoms with Crippen molar-refractivity contribution in [2.24, 2.45) is 0 Å². The van der Waals surface area contributed by atoms with E-state index in [4.69, 9.17) is 9.15 Å². The number of ether oxygens (including phenoxy) is 1. The Hall–Kier alpha value is -0.816. The van der Waals surface area contributed by atoms with Crippen molar-refractivity contribution >= 4 is 22.1 Å². The Labute approximate surface area is 143 Å². The second-order valence-corrected chi connectivity index (χ2v) is 18.9. The van der Waals surface area contributed by atoms with Gasteiger partial charge in [0.15, 0.2) is 0 Å². The Morgan fingerprint density at radius 2 is 1.65 bits per heavy atom. The third kappa shape index (κ3) is 4.18. The van der Waals surface area contributed by atoms with E-state index in [-0.39, 0.29) is 5.97 Å². The van der Waals surface area contributed by atoms with Gasteiger partial charge in [0.1, 0.15) is 17.1 Å². The molecule has 0 aliphatic heterocycles. The summed E-state index contributed by atoms with van der Waals surface area (Å²) in [4.78, 5) is 12.1. The van der Waals surface area contributed by atoms with Crippen LogP contribution >= 0.6 is 0 Å². The summed E-state index contributed by atoms with van der Waals surface area (Å²) in [6, 6.07) is 5.79. The van der Waals surface area contributed by atoms with Crippen molar-refractivity contribution in [1.29, 1.82) is 0 Å². The number of carbonyl (C=O) groups excluding carboxylic acids is 1. The lowest BCUT2D eigenvalue weighted by Gasteiger charge is -2.42. The summed E-state index contributed by atoms with van der Waals surface area (Å²) in [5.74, 6) is 1.49. The Morgan fingerprint density at radius 1 is 1.13 bits per heavy atom. The molecule has 0 saturated heterocycles. The highest BCUT2D eigenvalue weighted by atomic mass is 28.4. The average molecular weight is 355 g/mol. The molecule has 23 heavy (non-hydrogen) atoms. The highest BCUT2D eigenvalue weighted by Crippen LogP contribution is 2.43. The van der Waals surface area contributed by atoms with Crippen LogP contribution in [0.3, 0.4) is 0 Å². The minimum absolute atomic E-state index is 0.258. The van der Waals surface area contributed by atoms with Gasteiger partial charge in [0, 0.05) is 5.16 Å². The van der Waals surface area contributed by atoms with Crippen LogP contribution in [0.4, 0.5) is 0 Å². The second kappa shape index (κ2) is 7.84. The van der Waals surface area contributed by atoms with E-state index in [1.165, 1.54) is 18.1 Å². The zero-order chi connectivity index (χ0) is 17.8. The zero-order valence-electron chi connectivity index (χ0n) is 16.2. The predicted octanol–water partition coefficient (Wildman–Crippen LogP) is 5.77. The van der Waals surface area contributed by atoms with Gasteiger partial charge in [0.05, 0.1) is 22.8 Å². The fraction of sp³-hybridized carbons (Fsp3) is 0.722. The third-order valence-electron chi connectivity index (χ3n) is 5.31. The van der Waals surface area contributed by atoms with E-state index in [0.29, 0.717) is 23.1 Å². The van der Waals surface area contributed by atoms with Crippen LogP contribution in [-0.2, 0) is 4.74 Å². The first-order chi connectivity index (χ1) is 10.7. The van der Waals surface area contributed by atoms with E-state index in [1.54, 1.807) is 0 Å². The van der Waals surface area contributed by atoms with Gasteiger partial charge in [-0.15, -0.1) is 0 Å². The van der Waals surface area contributed by atoms with Crippen molar-refractivity contribution in [1.82, 2.24) is 0 Å². The van der Waals surface area contributed by atoms with E-state index >= 15 is 0 Å². The highest BCUT2D eigenvalue weighted by molar-refractivity contribution is 6.97. The molecule has 0 bridgehead atoms. The Balaban J connectivity index is 3.41. The molecule has 1 atom stereocenters. The SMILES string of the molecule is CCOC(=O)c1cc(C([Si](C)(C)C)[Si](CC)(CC)CC)oc1C. The van der Waals surface area contributed by atoms with Crippen LogP contribution in [0.15, 0.2) is 10.5 Å². The summed E-state index contributed by atoms with van der Waals surface area (Å²) >= 11 is 0.